The number of unbranched alkanes of at least 4 members (excludes halogenated alkanes) is 29. The van der Waals surface area contributed by atoms with Crippen molar-refractivity contribution in [2.45, 2.75) is 239 Å². The van der Waals surface area contributed by atoms with Crippen molar-refractivity contribution in [1.29, 1.82) is 0 Å². The molecule has 0 aliphatic carbocycles. The van der Waals surface area contributed by atoms with E-state index < -0.39 is 0 Å². The van der Waals surface area contributed by atoms with Gasteiger partial charge in [-0.15, -0.1) is 0 Å². The minimum Gasteiger partial charge on any atom is -0.255 e. The second-order valence-electron chi connectivity index (χ2n) is 16.7. The summed E-state index contributed by atoms with van der Waals surface area (Å²) in [4.78, 5) is 9.87. The summed E-state index contributed by atoms with van der Waals surface area (Å²) < 4.78 is 0. The summed E-state index contributed by atoms with van der Waals surface area (Å²) in [7, 11) is 0. The number of aliphatic imine (C=N–C) groups is 2. The summed E-state index contributed by atoms with van der Waals surface area (Å²) in [6.07, 6.45) is 53.1. The molecule has 0 aromatic heterocycles. The summed E-state index contributed by atoms with van der Waals surface area (Å²) in [6.45, 7) is 6.87. The first kappa shape index (κ1) is 52.0. The fourth-order valence-corrected chi connectivity index (χ4v) is 7.65. The molecule has 0 fully saturated rings. The van der Waals surface area contributed by atoms with E-state index in [0.717, 1.165) is 36.3 Å². The zero-order valence-electron chi connectivity index (χ0n) is 37.1. The molecule has 0 bridgehead atoms. The van der Waals surface area contributed by atoms with Crippen molar-refractivity contribution in [2.24, 2.45) is 9.98 Å². The van der Waals surface area contributed by atoms with Gasteiger partial charge in [0.2, 0.25) is 0 Å². The molecule has 320 valence electrons. The quantitative estimate of drug-likeness (QED) is 0.0367. The number of benzene rings is 2. The topological polar surface area (TPSA) is 24.7 Å². The van der Waals surface area contributed by atoms with Crippen molar-refractivity contribution in [1.82, 2.24) is 0 Å². The van der Waals surface area contributed by atoms with E-state index in [2.05, 4.69) is 81.5 Å². The minimum absolute atomic E-state index is 0. The summed E-state index contributed by atoms with van der Waals surface area (Å²) in [5, 5.41) is 0. The Morgan fingerprint density at radius 3 is 1.09 bits per heavy atom. The Morgan fingerprint density at radius 2 is 0.714 bits per heavy atom. The largest absolute Gasteiger partial charge is 0.255 e. The smallest absolute Gasteiger partial charge is 0.0816 e. The van der Waals surface area contributed by atoms with Gasteiger partial charge in [0.25, 0.3) is 0 Å². The van der Waals surface area contributed by atoms with Gasteiger partial charge in [0, 0.05) is 16.5 Å². The Balaban J connectivity index is 0.0000157. The van der Waals surface area contributed by atoms with E-state index in [4.69, 9.17) is 9.98 Å². The van der Waals surface area contributed by atoms with Gasteiger partial charge in [0.15, 0.2) is 0 Å². The molecule has 0 aliphatic rings. The van der Waals surface area contributed by atoms with Crippen LogP contribution in [-0.4, -0.2) is 11.9 Å². The van der Waals surface area contributed by atoms with Gasteiger partial charge in [-0.25, -0.2) is 4.99 Å². The molecular weight excluding hydrogens is 723 g/mol. The molecule has 0 heterocycles. The molecular formula is C53H88N2Ni. The molecule has 0 amide bonds. The molecule has 0 radical (unpaired) electrons. The van der Waals surface area contributed by atoms with Crippen molar-refractivity contribution >= 4 is 23.3 Å². The van der Waals surface area contributed by atoms with E-state index in [1.54, 1.807) is 0 Å². The van der Waals surface area contributed by atoms with Gasteiger partial charge < -0.3 is 0 Å². The van der Waals surface area contributed by atoms with Crippen molar-refractivity contribution in [2.75, 3.05) is 0 Å². The molecule has 56 heavy (non-hydrogen) atoms. The summed E-state index contributed by atoms with van der Waals surface area (Å²) >= 11 is 0. The Hall–Kier alpha value is -1.99. The van der Waals surface area contributed by atoms with Crippen molar-refractivity contribution in [3.63, 3.8) is 0 Å². The van der Waals surface area contributed by atoms with Crippen molar-refractivity contribution < 1.29 is 16.5 Å². The molecule has 2 nitrogen and oxygen atoms in total. The number of nitrogens with zero attached hydrogens (tertiary/aromatic N) is 2. The maximum Gasteiger partial charge on any atom is 0.0816 e. The second-order valence-corrected chi connectivity index (χ2v) is 16.7. The van der Waals surface area contributed by atoms with Crippen LogP contribution in [0, 0.1) is 0 Å². The SMILES string of the molecule is CCCCCCCCCCCCCCCCCCCCCCC/C=C/C(C=Nc1ccc(CCCCCCC)cc1)=Nc1ccc(CCCCCCC)cc1.[Ni]. The molecule has 3 heteroatoms. The predicted molar refractivity (Wildman–Crippen MR) is 249 cm³/mol. The molecule has 0 atom stereocenters. The van der Waals surface area contributed by atoms with Crippen LogP contribution in [0.3, 0.4) is 0 Å². The number of aryl methyl sites for hydroxylation is 2. The average Bonchev–Trinajstić information content (AvgIpc) is 3.21. The third-order valence-electron chi connectivity index (χ3n) is 11.4. The monoisotopic (exact) mass is 811 g/mol. The Kier molecular flexibility index (Phi) is 37.0. The molecule has 0 aliphatic heterocycles. The van der Waals surface area contributed by atoms with Crippen LogP contribution in [0.25, 0.3) is 0 Å². The molecule has 0 spiro atoms. The van der Waals surface area contributed by atoms with Crippen LogP contribution in [0.5, 0.6) is 0 Å². The van der Waals surface area contributed by atoms with E-state index in [1.807, 2.05) is 6.21 Å². The normalized spacial score (nSPS) is 11.9. The Bertz CT molecular complexity index is 1200. The van der Waals surface area contributed by atoms with Gasteiger partial charge in [-0.2, -0.15) is 0 Å². The van der Waals surface area contributed by atoms with Gasteiger partial charge in [0.05, 0.1) is 23.3 Å². The van der Waals surface area contributed by atoms with Crippen LogP contribution >= 0.6 is 0 Å². The van der Waals surface area contributed by atoms with Gasteiger partial charge in [0.1, 0.15) is 0 Å². The first-order valence-electron chi connectivity index (χ1n) is 24.2. The second kappa shape index (κ2) is 39.8. The molecule has 2 aromatic carbocycles. The zero-order chi connectivity index (χ0) is 39.1. The third kappa shape index (κ3) is 31.1. The fourth-order valence-electron chi connectivity index (χ4n) is 7.65. The summed E-state index contributed by atoms with van der Waals surface area (Å²) in [5.41, 5.74) is 5.77. The molecule has 0 unspecified atom stereocenters. The molecule has 0 saturated carbocycles. The predicted octanol–water partition coefficient (Wildman–Crippen LogP) is 18.3. The van der Waals surface area contributed by atoms with E-state index in [9.17, 15) is 0 Å². The van der Waals surface area contributed by atoms with E-state index in [1.165, 1.54) is 210 Å². The van der Waals surface area contributed by atoms with Crippen molar-refractivity contribution in [3.8, 4) is 0 Å². The van der Waals surface area contributed by atoms with Crippen LogP contribution < -0.4 is 0 Å². The number of rotatable bonds is 38. The maximum absolute atomic E-state index is 5.03. The molecule has 2 rings (SSSR count). The van der Waals surface area contributed by atoms with Gasteiger partial charge >= 0.3 is 0 Å². The average molecular weight is 812 g/mol. The number of hydrogen-bond donors (Lipinski definition) is 0. The van der Waals surface area contributed by atoms with Crippen LogP contribution in [0.4, 0.5) is 11.4 Å². The maximum atomic E-state index is 5.03. The van der Waals surface area contributed by atoms with Gasteiger partial charge in [-0.1, -0.05) is 231 Å². The summed E-state index contributed by atoms with van der Waals surface area (Å²) in [6, 6.07) is 17.7. The first-order chi connectivity index (χ1) is 27.2. The summed E-state index contributed by atoms with van der Waals surface area (Å²) in [5.74, 6) is 0. The molecule has 0 N–H and O–H groups in total. The van der Waals surface area contributed by atoms with Crippen LogP contribution in [0.2, 0.25) is 0 Å². The van der Waals surface area contributed by atoms with E-state index in [-0.39, 0.29) is 16.5 Å². The molecule has 2 aromatic rings. The van der Waals surface area contributed by atoms with Crippen LogP contribution in [-0.2, 0) is 29.3 Å². The van der Waals surface area contributed by atoms with Crippen LogP contribution in [0.15, 0.2) is 70.7 Å². The number of allylic oxidation sites excluding steroid dienone is 2. The van der Waals surface area contributed by atoms with Crippen LogP contribution in [0.1, 0.15) is 237 Å². The third-order valence-corrected chi connectivity index (χ3v) is 11.4. The van der Waals surface area contributed by atoms with E-state index in [0.29, 0.717) is 0 Å². The Labute approximate surface area is 359 Å². The first-order valence-corrected chi connectivity index (χ1v) is 24.2. The molecule has 0 saturated heterocycles. The van der Waals surface area contributed by atoms with Crippen molar-refractivity contribution in [3.05, 3.63) is 71.8 Å². The fraction of sp³-hybridized carbons (Fsp3) is 0.698. The zero-order valence-corrected chi connectivity index (χ0v) is 38.1. The van der Waals surface area contributed by atoms with E-state index >= 15 is 0 Å². The minimum atomic E-state index is 0. The van der Waals surface area contributed by atoms with Gasteiger partial charge in [-0.3, -0.25) is 4.99 Å². The van der Waals surface area contributed by atoms with Gasteiger partial charge in [-0.05, 0) is 80.0 Å². The number of hydrogen-bond acceptors (Lipinski definition) is 2. The Morgan fingerprint density at radius 1 is 0.393 bits per heavy atom. The standard InChI is InChI=1S/C53H88N2.Ni/c1-4-7-10-13-14-15-16-17-18-19-20-21-22-23-24-25-26-27-28-29-30-33-36-39-53(55-52-46-42-50(43-47-52)38-35-32-12-9-6-3)48-54-51-44-40-49(41-45-51)37-34-31-11-8-5-2;/h36,39-48H,4-35,37-38H2,1-3H3;/b39-36+,54-48?,55-53?;.